The second-order valence-corrected chi connectivity index (χ2v) is 11.7. The van der Waals surface area contributed by atoms with E-state index in [2.05, 4.69) is 25.5 Å². The summed E-state index contributed by atoms with van der Waals surface area (Å²) in [5, 5.41) is 10.9. The first-order valence-electron chi connectivity index (χ1n) is 14.2. The Morgan fingerprint density at radius 2 is 1.79 bits per heavy atom. The highest BCUT2D eigenvalue weighted by atomic mass is 32.2. The van der Waals surface area contributed by atoms with Crippen molar-refractivity contribution in [3.63, 3.8) is 0 Å². The molecule has 5 aromatic rings. The normalized spacial score (nSPS) is 12.0. The summed E-state index contributed by atoms with van der Waals surface area (Å²) < 4.78 is 73.8. The van der Waals surface area contributed by atoms with E-state index in [0.29, 0.717) is 67.6 Å². The second kappa shape index (κ2) is 14.1. The predicted octanol–water partition coefficient (Wildman–Crippen LogP) is 3.65. The number of nitrogens with two attached hydrogens (primary N) is 1. The smallest absolute Gasteiger partial charge is 0.490 e. The van der Waals surface area contributed by atoms with Crippen LogP contribution < -0.4 is 20.7 Å². The van der Waals surface area contributed by atoms with Crippen molar-refractivity contribution in [2.45, 2.75) is 37.4 Å². The van der Waals surface area contributed by atoms with Gasteiger partial charge in [0.2, 0.25) is 0 Å². The number of ether oxygens (including phenoxy) is 1. The molecule has 0 spiro atoms. The average molecular weight is 675 g/mol. The first-order valence-corrected chi connectivity index (χ1v) is 15.7. The van der Waals surface area contributed by atoms with Crippen molar-refractivity contribution in [2.24, 2.45) is 0 Å². The Balaban J connectivity index is 1.17. The van der Waals surface area contributed by atoms with Crippen LogP contribution in [0, 0.1) is 0 Å². The molecule has 4 N–H and O–H groups in total. The number of imidazole rings is 1. The molecule has 0 bridgehead atoms. The number of hydrogen-bond acceptors (Lipinski definition) is 12. The number of anilines is 1. The molecule has 0 fully saturated rings. The predicted molar refractivity (Wildman–Crippen MR) is 162 cm³/mol. The Kier molecular flexibility index (Phi) is 10.0. The number of halogens is 3. The van der Waals surface area contributed by atoms with Crippen molar-refractivity contribution in [3.05, 3.63) is 66.4 Å². The summed E-state index contributed by atoms with van der Waals surface area (Å²) in [6, 6.07) is 15.1. The van der Waals surface area contributed by atoms with Gasteiger partial charge in [-0.15, -0.1) is 0 Å². The number of nitrogen functional groups attached to an aromatic ring is 1. The molecule has 248 valence electrons. The molecule has 0 aliphatic heterocycles. The van der Waals surface area contributed by atoms with Crippen molar-refractivity contribution in [1.29, 1.82) is 0 Å². The van der Waals surface area contributed by atoms with Gasteiger partial charge in [-0.3, -0.25) is 0 Å². The van der Waals surface area contributed by atoms with Gasteiger partial charge in [0.05, 0.1) is 23.4 Å². The molecule has 0 saturated carbocycles. The molecule has 0 aliphatic rings. The van der Waals surface area contributed by atoms with E-state index in [-0.39, 0.29) is 10.7 Å². The van der Waals surface area contributed by atoms with E-state index in [0.717, 1.165) is 16.6 Å². The van der Waals surface area contributed by atoms with Crippen LogP contribution in [0.5, 0.6) is 5.75 Å². The van der Waals surface area contributed by atoms with Gasteiger partial charge in [-0.25, -0.2) is 27.8 Å². The van der Waals surface area contributed by atoms with Gasteiger partial charge in [-0.2, -0.15) is 13.2 Å². The third kappa shape index (κ3) is 7.67. The number of carbonyl (C=O) groups is 1. The standard InChI is InChI=1S/C29H29F3N8O6S/c1-2-40-25-21(17-35-22(19-7-4-3-5-8-19)23(25)36-27(40)24-26(33)38-46-37-24)44-16-6-14-34-15-13-18-9-11-20(12-10-18)47(42,43)39-45-28(41)29(30,31)32/h3-5,7-12,17,34,39H,2,6,13-16H2,1H3,(H2,33,38). The van der Waals surface area contributed by atoms with E-state index in [1.54, 1.807) is 6.20 Å². The molecule has 0 saturated heterocycles. The lowest BCUT2D eigenvalue weighted by Crippen LogP contribution is -2.34. The van der Waals surface area contributed by atoms with Crippen molar-refractivity contribution in [1.82, 2.24) is 35.1 Å². The lowest BCUT2D eigenvalue weighted by molar-refractivity contribution is -0.203. The number of sulfonamides is 1. The number of aromatic nitrogens is 5. The maximum Gasteiger partial charge on any atom is 0.492 e. The zero-order chi connectivity index (χ0) is 33.6. The number of aryl methyl sites for hydroxylation is 1. The number of nitrogens with zero attached hydrogens (tertiary/aromatic N) is 5. The van der Waals surface area contributed by atoms with E-state index in [9.17, 15) is 26.4 Å². The van der Waals surface area contributed by atoms with Crippen LogP contribution in [0.1, 0.15) is 18.9 Å². The summed E-state index contributed by atoms with van der Waals surface area (Å²) in [7, 11) is -4.49. The van der Waals surface area contributed by atoms with Gasteiger partial charge in [0.1, 0.15) is 11.0 Å². The summed E-state index contributed by atoms with van der Waals surface area (Å²) in [6.07, 6.45) is -2.48. The third-order valence-electron chi connectivity index (χ3n) is 6.88. The van der Waals surface area contributed by atoms with Crippen LogP contribution in [-0.4, -0.2) is 65.1 Å². The molecule has 5 rings (SSSR count). The highest BCUT2D eigenvalue weighted by Gasteiger charge is 2.42. The molecular weight excluding hydrogens is 645 g/mol. The fraction of sp³-hybridized carbons (Fsp3) is 0.276. The Labute approximate surface area is 266 Å². The fourth-order valence-electron chi connectivity index (χ4n) is 4.64. The zero-order valence-electron chi connectivity index (χ0n) is 24.8. The van der Waals surface area contributed by atoms with Crippen molar-refractivity contribution in [3.8, 4) is 28.5 Å². The molecule has 3 aromatic heterocycles. The molecule has 47 heavy (non-hydrogen) atoms. The van der Waals surface area contributed by atoms with Crippen molar-refractivity contribution < 1.29 is 40.6 Å². The summed E-state index contributed by atoms with van der Waals surface area (Å²) in [6.45, 7) is 4.03. The molecule has 0 amide bonds. The molecule has 3 heterocycles. The Hall–Kier alpha value is -5.07. The maximum atomic E-state index is 12.2. The minimum atomic E-state index is -5.33. The highest BCUT2D eigenvalue weighted by Crippen LogP contribution is 2.36. The first-order chi connectivity index (χ1) is 22.5. The maximum absolute atomic E-state index is 12.2. The van der Waals surface area contributed by atoms with E-state index in [4.69, 9.17) is 20.1 Å². The highest BCUT2D eigenvalue weighted by molar-refractivity contribution is 7.89. The number of hydrogen-bond donors (Lipinski definition) is 3. The third-order valence-corrected chi connectivity index (χ3v) is 8.08. The lowest BCUT2D eigenvalue weighted by atomic mass is 10.1. The Morgan fingerprint density at radius 1 is 1.04 bits per heavy atom. The van der Waals surface area contributed by atoms with Gasteiger partial charge in [0.15, 0.2) is 23.1 Å². The van der Waals surface area contributed by atoms with Gasteiger partial charge in [0.25, 0.3) is 10.0 Å². The molecular formula is C29H29F3N8O6S. The minimum absolute atomic E-state index is 0.114. The quantitative estimate of drug-likeness (QED) is 0.115. The molecule has 0 radical (unpaired) electrons. The number of alkyl halides is 3. The Morgan fingerprint density at radius 3 is 2.45 bits per heavy atom. The van der Waals surface area contributed by atoms with Gasteiger partial charge < -0.3 is 25.2 Å². The molecule has 0 atom stereocenters. The number of fused-ring (bicyclic) bond motifs is 1. The zero-order valence-corrected chi connectivity index (χ0v) is 25.6. The van der Waals surface area contributed by atoms with Gasteiger partial charge in [-0.1, -0.05) is 42.5 Å². The van der Waals surface area contributed by atoms with Crippen LogP contribution in [0.2, 0.25) is 0 Å². The van der Waals surface area contributed by atoms with Crippen LogP contribution in [0.25, 0.3) is 33.8 Å². The number of pyridine rings is 1. The summed E-state index contributed by atoms with van der Waals surface area (Å²) in [4.78, 5) is 24.7. The SMILES string of the molecule is CCn1c(-c2nonc2N)nc2c(-c3ccccc3)ncc(OCCCNCCc3ccc(S(=O)(=O)NOC(=O)C(F)(F)F)cc3)c21. The number of benzene rings is 2. The van der Waals surface area contributed by atoms with Crippen LogP contribution in [0.4, 0.5) is 19.0 Å². The average Bonchev–Trinajstić information content (AvgIpc) is 3.66. The number of rotatable bonds is 14. The van der Waals surface area contributed by atoms with Crippen LogP contribution in [0.3, 0.4) is 0 Å². The van der Waals surface area contributed by atoms with E-state index < -0.39 is 22.2 Å². The fourth-order valence-corrected chi connectivity index (χ4v) is 5.41. The van der Waals surface area contributed by atoms with E-state index in [1.165, 1.54) is 29.2 Å². The molecule has 18 heteroatoms. The largest absolute Gasteiger partial charge is 0.492 e. The topological polar surface area (TPSA) is 189 Å². The van der Waals surface area contributed by atoms with Gasteiger partial charge in [0, 0.05) is 12.1 Å². The number of carbonyl (C=O) groups excluding carboxylic acids is 1. The minimum Gasteiger partial charge on any atom is -0.490 e. The van der Waals surface area contributed by atoms with Gasteiger partial charge in [-0.05, 0) is 65.7 Å². The van der Waals surface area contributed by atoms with E-state index >= 15 is 0 Å². The molecule has 0 unspecified atom stereocenters. The summed E-state index contributed by atoms with van der Waals surface area (Å²) in [5.41, 5.74) is 9.98. The van der Waals surface area contributed by atoms with Crippen molar-refractivity contribution in [2.75, 3.05) is 25.4 Å². The summed E-state index contributed by atoms with van der Waals surface area (Å²) in [5.74, 6) is -1.55. The van der Waals surface area contributed by atoms with Crippen LogP contribution in [-0.2, 0) is 32.6 Å². The van der Waals surface area contributed by atoms with Crippen LogP contribution in [0.15, 0.2) is 70.3 Å². The second-order valence-electron chi connectivity index (χ2n) is 10.0. The monoisotopic (exact) mass is 674 g/mol. The molecule has 0 aliphatic carbocycles. The van der Waals surface area contributed by atoms with E-state index in [1.807, 2.05) is 41.8 Å². The molecule has 14 nitrogen and oxygen atoms in total. The first kappa shape index (κ1) is 33.3. The Bertz CT molecular complexity index is 1950. The molecule has 2 aromatic carbocycles. The van der Waals surface area contributed by atoms with Crippen molar-refractivity contribution >= 4 is 32.8 Å². The summed E-state index contributed by atoms with van der Waals surface area (Å²) >= 11 is 0. The number of nitrogens with one attached hydrogen (secondary N) is 2. The van der Waals surface area contributed by atoms with Gasteiger partial charge >= 0.3 is 12.1 Å². The lowest BCUT2D eigenvalue weighted by Gasteiger charge is -2.12. The van der Waals surface area contributed by atoms with Crippen LogP contribution >= 0.6 is 0 Å².